The molecule has 2 heterocycles. The molecule has 26 heavy (non-hydrogen) atoms. The van der Waals surface area contributed by atoms with Gasteiger partial charge in [-0.05, 0) is 42.7 Å². The summed E-state index contributed by atoms with van der Waals surface area (Å²) in [7, 11) is 0. The first-order chi connectivity index (χ1) is 12.3. The first kappa shape index (κ1) is 17.2. The van der Waals surface area contributed by atoms with Crippen molar-refractivity contribution in [3.8, 4) is 5.75 Å². The third kappa shape index (κ3) is 2.92. The maximum atomic E-state index is 13.7. The molecule has 1 fully saturated rings. The number of anilines is 1. The van der Waals surface area contributed by atoms with Crippen LogP contribution in [-0.4, -0.2) is 11.7 Å². The lowest BCUT2D eigenvalue weighted by molar-refractivity contribution is -0.0386. The average Bonchev–Trinajstić information content (AvgIpc) is 2.62. The number of nitrogens with one attached hydrogen (secondary N) is 1. The highest BCUT2D eigenvalue weighted by molar-refractivity contribution is 5.59. The highest BCUT2D eigenvalue weighted by atomic mass is 19.3. The monoisotopic (exact) mass is 363 g/mol. The van der Waals surface area contributed by atoms with Crippen LogP contribution in [0, 0.1) is 11.7 Å². The highest BCUT2D eigenvalue weighted by Gasteiger charge is 2.41. The maximum absolute atomic E-state index is 13.7. The highest BCUT2D eigenvalue weighted by Crippen LogP contribution is 2.50. The Bertz CT molecular complexity index is 834. The van der Waals surface area contributed by atoms with Gasteiger partial charge in [-0.2, -0.15) is 0 Å². The summed E-state index contributed by atoms with van der Waals surface area (Å²) in [5, 5.41) is 13.1. The quantitative estimate of drug-likeness (QED) is 0.763. The molecule has 2 aromatic rings. The molecule has 138 valence electrons. The van der Waals surface area contributed by atoms with Gasteiger partial charge in [0, 0.05) is 36.3 Å². The molecule has 4 rings (SSSR count). The molecule has 2 aromatic carbocycles. The van der Waals surface area contributed by atoms with E-state index in [1.807, 2.05) is 0 Å². The summed E-state index contributed by atoms with van der Waals surface area (Å²) in [6, 6.07) is 8.68. The summed E-state index contributed by atoms with van der Waals surface area (Å²) in [4.78, 5) is 0. The summed E-state index contributed by atoms with van der Waals surface area (Å²) in [5.74, 6) is -3.97. The number of hydrogen-bond donors (Lipinski definition) is 2. The zero-order valence-corrected chi connectivity index (χ0v) is 14.3. The largest absolute Gasteiger partial charge is 0.505 e. The average molecular weight is 363 g/mol. The van der Waals surface area contributed by atoms with Gasteiger partial charge in [0.1, 0.15) is 0 Å². The van der Waals surface area contributed by atoms with Crippen LogP contribution >= 0.6 is 0 Å². The van der Waals surface area contributed by atoms with Crippen LogP contribution in [0.3, 0.4) is 0 Å². The molecule has 0 spiro atoms. The van der Waals surface area contributed by atoms with Crippen molar-refractivity contribution in [3.05, 3.63) is 58.9 Å². The van der Waals surface area contributed by atoms with Crippen molar-refractivity contribution in [2.45, 2.75) is 37.8 Å². The van der Waals surface area contributed by atoms with Crippen molar-refractivity contribution in [1.82, 2.24) is 0 Å². The van der Waals surface area contributed by atoms with E-state index in [0.29, 0.717) is 6.61 Å². The number of aromatic hydroxyl groups is 1. The minimum Gasteiger partial charge on any atom is -0.505 e. The fourth-order valence-electron chi connectivity index (χ4n) is 4.00. The van der Waals surface area contributed by atoms with E-state index in [0.717, 1.165) is 36.6 Å². The number of ether oxygens (including phenoxy) is 1. The van der Waals surface area contributed by atoms with Gasteiger partial charge in [0.25, 0.3) is 5.92 Å². The molecule has 6 heteroatoms. The van der Waals surface area contributed by atoms with Gasteiger partial charge in [-0.3, -0.25) is 0 Å². The predicted molar refractivity (Wildman–Crippen MR) is 91.9 cm³/mol. The number of fused-ring (bicyclic) bond motifs is 3. The van der Waals surface area contributed by atoms with E-state index < -0.39 is 17.5 Å². The second kappa shape index (κ2) is 6.20. The van der Waals surface area contributed by atoms with Crippen molar-refractivity contribution in [1.29, 1.82) is 0 Å². The van der Waals surface area contributed by atoms with Crippen LogP contribution in [0.2, 0.25) is 0 Å². The zero-order chi connectivity index (χ0) is 18.5. The molecule has 0 radical (unpaired) electrons. The van der Waals surface area contributed by atoms with Crippen LogP contribution in [0.5, 0.6) is 5.75 Å². The van der Waals surface area contributed by atoms with E-state index in [-0.39, 0.29) is 23.6 Å². The fourth-order valence-corrected chi connectivity index (χ4v) is 4.00. The fraction of sp³-hybridized carbons (Fsp3) is 0.400. The topological polar surface area (TPSA) is 41.5 Å². The Morgan fingerprint density at radius 1 is 1.19 bits per heavy atom. The Morgan fingerprint density at radius 3 is 2.73 bits per heavy atom. The summed E-state index contributed by atoms with van der Waals surface area (Å²) in [5.41, 5.74) is 2.18. The van der Waals surface area contributed by atoms with E-state index in [1.165, 1.54) is 24.3 Å². The van der Waals surface area contributed by atoms with Crippen LogP contribution in [0.1, 0.15) is 48.6 Å². The molecular weight excluding hydrogens is 343 g/mol. The van der Waals surface area contributed by atoms with Gasteiger partial charge < -0.3 is 15.2 Å². The van der Waals surface area contributed by atoms with Gasteiger partial charge in [0.15, 0.2) is 11.6 Å². The molecule has 2 N–H and O–H groups in total. The Morgan fingerprint density at radius 2 is 2.00 bits per heavy atom. The Kier molecular flexibility index (Phi) is 4.10. The summed E-state index contributed by atoms with van der Waals surface area (Å²) < 4.78 is 46.9. The number of hydrogen-bond acceptors (Lipinski definition) is 3. The van der Waals surface area contributed by atoms with Crippen LogP contribution in [0.15, 0.2) is 36.4 Å². The number of benzene rings is 2. The van der Waals surface area contributed by atoms with E-state index >= 15 is 0 Å². The molecular formula is C20H20F3NO2. The molecule has 3 nitrogen and oxygen atoms in total. The molecule has 1 saturated heterocycles. The van der Waals surface area contributed by atoms with E-state index in [9.17, 15) is 18.3 Å². The molecule has 3 atom stereocenters. The van der Waals surface area contributed by atoms with Crippen molar-refractivity contribution in [3.63, 3.8) is 0 Å². The van der Waals surface area contributed by atoms with Gasteiger partial charge in [0.2, 0.25) is 0 Å². The number of phenols is 1. The third-order valence-electron chi connectivity index (χ3n) is 5.30. The second-order valence-electron chi connectivity index (χ2n) is 7.12. The molecule has 0 saturated carbocycles. The number of phenolic OH excluding ortho intramolecular Hbond substituents is 1. The first-order valence-corrected chi connectivity index (χ1v) is 8.73. The Balaban J connectivity index is 1.77. The molecule has 0 bridgehead atoms. The lowest BCUT2D eigenvalue weighted by Gasteiger charge is -2.43. The molecule has 0 aliphatic carbocycles. The first-order valence-electron chi connectivity index (χ1n) is 8.73. The van der Waals surface area contributed by atoms with Gasteiger partial charge in [-0.1, -0.05) is 12.1 Å². The van der Waals surface area contributed by atoms with Gasteiger partial charge >= 0.3 is 0 Å². The van der Waals surface area contributed by atoms with Crippen LogP contribution in [-0.2, 0) is 10.7 Å². The predicted octanol–water partition coefficient (Wildman–Crippen LogP) is 5.28. The Hall–Kier alpha value is -2.21. The van der Waals surface area contributed by atoms with Crippen LogP contribution in [0.4, 0.5) is 18.9 Å². The van der Waals surface area contributed by atoms with Crippen LogP contribution < -0.4 is 5.32 Å². The molecule has 2 aliphatic heterocycles. The number of alkyl halides is 2. The van der Waals surface area contributed by atoms with Gasteiger partial charge in [0.05, 0.1) is 12.1 Å². The SMILES string of the molecule is CC(F)(F)c1ccc2c(c1)C1OCCCC1[C@H](c1ccc(F)c(O)c1)N2. The lowest BCUT2D eigenvalue weighted by atomic mass is 9.77. The van der Waals surface area contributed by atoms with Crippen molar-refractivity contribution >= 4 is 5.69 Å². The third-order valence-corrected chi connectivity index (χ3v) is 5.30. The van der Waals surface area contributed by atoms with Crippen molar-refractivity contribution < 1.29 is 23.0 Å². The van der Waals surface area contributed by atoms with E-state index in [1.54, 1.807) is 12.1 Å². The summed E-state index contributed by atoms with van der Waals surface area (Å²) >= 11 is 0. The molecule has 2 unspecified atom stereocenters. The van der Waals surface area contributed by atoms with E-state index in [4.69, 9.17) is 4.74 Å². The van der Waals surface area contributed by atoms with Gasteiger partial charge in [-0.15, -0.1) is 0 Å². The standard InChI is InChI=1S/C20H20F3NO2/c1-20(22,23)12-5-7-16-14(10-12)19-13(3-2-8-26-19)18(24-16)11-4-6-15(21)17(25)9-11/h4-7,9-10,13,18-19,24-25H,2-3,8H2,1H3/t13?,18-,19?/m0/s1. The number of halogens is 3. The molecule has 2 aliphatic rings. The second-order valence-corrected chi connectivity index (χ2v) is 7.12. The smallest absolute Gasteiger partial charge is 0.270 e. The summed E-state index contributed by atoms with van der Waals surface area (Å²) in [6.07, 6.45) is 1.41. The maximum Gasteiger partial charge on any atom is 0.270 e. The minimum absolute atomic E-state index is 0.0156. The van der Waals surface area contributed by atoms with Crippen LogP contribution in [0.25, 0.3) is 0 Å². The Labute approximate surface area is 149 Å². The van der Waals surface area contributed by atoms with Crippen molar-refractivity contribution in [2.24, 2.45) is 5.92 Å². The van der Waals surface area contributed by atoms with Gasteiger partial charge in [-0.25, -0.2) is 13.2 Å². The lowest BCUT2D eigenvalue weighted by Crippen LogP contribution is -2.36. The minimum atomic E-state index is -2.92. The zero-order valence-electron chi connectivity index (χ0n) is 14.3. The molecule has 0 amide bonds. The van der Waals surface area contributed by atoms with E-state index in [2.05, 4.69) is 5.32 Å². The summed E-state index contributed by atoms with van der Waals surface area (Å²) in [6.45, 7) is 1.46. The normalized spacial score (nSPS) is 25.2. The number of rotatable bonds is 2. The molecule has 0 aromatic heterocycles. The van der Waals surface area contributed by atoms with Crippen molar-refractivity contribution in [2.75, 3.05) is 11.9 Å².